The molecular weight excluding hydrogens is 310 g/mol. The Morgan fingerprint density at radius 2 is 2.25 bits per heavy atom. The summed E-state index contributed by atoms with van der Waals surface area (Å²) in [6.45, 7) is 5.15. The number of likely N-dealkylation sites (tertiary alicyclic amines) is 1. The van der Waals surface area contributed by atoms with Gasteiger partial charge in [-0.15, -0.1) is 0 Å². The van der Waals surface area contributed by atoms with Crippen molar-refractivity contribution in [2.24, 2.45) is 5.73 Å². The summed E-state index contributed by atoms with van der Waals surface area (Å²) in [4.78, 5) is 29.8. The zero-order valence-corrected chi connectivity index (χ0v) is 13.8. The number of oxazole rings is 1. The van der Waals surface area contributed by atoms with Gasteiger partial charge in [0.15, 0.2) is 12.1 Å². The summed E-state index contributed by atoms with van der Waals surface area (Å²) in [5.41, 5.74) is 6.66. The molecule has 3 heterocycles. The van der Waals surface area contributed by atoms with Crippen molar-refractivity contribution in [3.05, 3.63) is 35.3 Å². The Morgan fingerprint density at radius 1 is 1.46 bits per heavy atom. The van der Waals surface area contributed by atoms with Gasteiger partial charge in [-0.05, 0) is 18.9 Å². The molecule has 0 aliphatic carbocycles. The fraction of sp³-hybridized carbons (Fsp3) is 0.500. The van der Waals surface area contributed by atoms with E-state index < -0.39 is 5.91 Å². The first kappa shape index (κ1) is 16.2. The summed E-state index contributed by atoms with van der Waals surface area (Å²) in [7, 11) is 0. The first-order chi connectivity index (χ1) is 11.5. The number of aromatic amines is 1. The standard InChI is InChI=1S/C16H21N5O3/c1-9(2)14-13(18-8-24-14)16(23)21-5-3-4-10(7-21)11-6-12(15(17)22)20-19-11/h6,8-10H,3-5,7H2,1-2H3,(H2,17,22)(H,19,20). The lowest BCUT2D eigenvalue weighted by molar-refractivity contribution is 0.0697. The molecule has 2 amide bonds. The molecule has 1 aliphatic rings. The molecule has 3 N–H and O–H groups in total. The Balaban J connectivity index is 1.76. The molecule has 8 heteroatoms. The normalized spacial score (nSPS) is 18.1. The van der Waals surface area contributed by atoms with Gasteiger partial charge in [-0.2, -0.15) is 5.10 Å². The van der Waals surface area contributed by atoms with Crippen molar-refractivity contribution in [2.75, 3.05) is 13.1 Å². The third kappa shape index (κ3) is 3.04. The van der Waals surface area contributed by atoms with Gasteiger partial charge in [0, 0.05) is 30.6 Å². The summed E-state index contributed by atoms with van der Waals surface area (Å²) >= 11 is 0. The summed E-state index contributed by atoms with van der Waals surface area (Å²) in [6, 6.07) is 1.66. The van der Waals surface area contributed by atoms with E-state index in [1.54, 1.807) is 11.0 Å². The third-order valence-corrected chi connectivity index (χ3v) is 4.32. The van der Waals surface area contributed by atoms with Gasteiger partial charge in [0.1, 0.15) is 11.5 Å². The van der Waals surface area contributed by atoms with Crippen LogP contribution in [0.2, 0.25) is 0 Å². The van der Waals surface area contributed by atoms with Crippen LogP contribution >= 0.6 is 0 Å². The second-order valence-corrected chi connectivity index (χ2v) is 6.38. The van der Waals surface area contributed by atoms with Crippen molar-refractivity contribution in [3.8, 4) is 0 Å². The first-order valence-corrected chi connectivity index (χ1v) is 8.05. The maximum Gasteiger partial charge on any atom is 0.276 e. The molecule has 0 spiro atoms. The Bertz CT molecular complexity index is 748. The van der Waals surface area contributed by atoms with Gasteiger partial charge in [-0.1, -0.05) is 13.8 Å². The van der Waals surface area contributed by atoms with Crippen LogP contribution in [0.1, 0.15) is 71.0 Å². The molecule has 0 radical (unpaired) electrons. The molecule has 1 atom stereocenters. The van der Waals surface area contributed by atoms with Crippen LogP contribution in [0.15, 0.2) is 16.9 Å². The highest BCUT2D eigenvalue weighted by Gasteiger charge is 2.30. The van der Waals surface area contributed by atoms with E-state index >= 15 is 0 Å². The lowest BCUT2D eigenvalue weighted by Crippen LogP contribution is -2.39. The average Bonchev–Trinajstić information content (AvgIpc) is 3.23. The Kier molecular flexibility index (Phi) is 4.37. The number of hydrogen-bond acceptors (Lipinski definition) is 5. The van der Waals surface area contributed by atoms with Gasteiger partial charge in [0.25, 0.3) is 11.8 Å². The van der Waals surface area contributed by atoms with Crippen LogP contribution in [0.3, 0.4) is 0 Å². The highest BCUT2D eigenvalue weighted by Crippen LogP contribution is 2.28. The van der Waals surface area contributed by atoms with E-state index in [0.717, 1.165) is 18.5 Å². The van der Waals surface area contributed by atoms with Crippen molar-refractivity contribution in [1.82, 2.24) is 20.1 Å². The van der Waals surface area contributed by atoms with Crippen molar-refractivity contribution in [2.45, 2.75) is 38.5 Å². The van der Waals surface area contributed by atoms with E-state index in [0.29, 0.717) is 24.5 Å². The van der Waals surface area contributed by atoms with Crippen LogP contribution in [-0.2, 0) is 0 Å². The predicted octanol–water partition coefficient (Wildman–Crippen LogP) is 1.64. The number of H-pyrrole nitrogens is 1. The van der Waals surface area contributed by atoms with E-state index in [1.807, 2.05) is 13.8 Å². The monoisotopic (exact) mass is 331 g/mol. The minimum absolute atomic E-state index is 0.0951. The maximum atomic E-state index is 12.8. The summed E-state index contributed by atoms with van der Waals surface area (Å²) in [5.74, 6) is 0.118. The minimum atomic E-state index is -0.564. The van der Waals surface area contributed by atoms with Gasteiger partial charge in [-0.25, -0.2) is 4.98 Å². The molecule has 128 valence electrons. The molecule has 0 saturated carbocycles. The largest absolute Gasteiger partial charge is 0.447 e. The van der Waals surface area contributed by atoms with Crippen LogP contribution in [0, 0.1) is 0 Å². The minimum Gasteiger partial charge on any atom is -0.447 e. The quantitative estimate of drug-likeness (QED) is 0.883. The Morgan fingerprint density at radius 3 is 2.92 bits per heavy atom. The number of nitrogens with one attached hydrogen (secondary N) is 1. The van der Waals surface area contributed by atoms with Crippen molar-refractivity contribution in [3.63, 3.8) is 0 Å². The molecule has 0 bridgehead atoms. The molecule has 8 nitrogen and oxygen atoms in total. The van der Waals surface area contributed by atoms with Gasteiger partial charge < -0.3 is 15.1 Å². The summed E-state index contributed by atoms with van der Waals surface area (Å²) in [6.07, 6.45) is 3.11. The van der Waals surface area contributed by atoms with Gasteiger partial charge >= 0.3 is 0 Å². The maximum absolute atomic E-state index is 12.8. The smallest absolute Gasteiger partial charge is 0.276 e. The molecule has 1 aliphatic heterocycles. The second-order valence-electron chi connectivity index (χ2n) is 6.38. The summed E-state index contributed by atoms with van der Waals surface area (Å²) in [5, 5.41) is 6.78. The molecule has 1 unspecified atom stereocenters. The van der Waals surface area contributed by atoms with E-state index in [9.17, 15) is 9.59 Å². The van der Waals surface area contributed by atoms with Crippen LogP contribution in [-0.4, -0.2) is 45.0 Å². The first-order valence-electron chi connectivity index (χ1n) is 8.05. The SMILES string of the molecule is CC(C)c1ocnc1C(=O)N1CCCC(c2cc(C(N)=O)n[nH]2)C1. The molecule has 2 aromatic heterocycles. The van der Waals surface area contributed by atoms with Crippen molar-refractivity contribution < 1.29 is 14.0 Å². The number of aromatic nitrogens is 3. The number of amides is 2. The fourth-order valence-electron chi connectivity index (χ4n) is 3.06. The summed E-state index contributed by atoms with van der Waals surface area (Å²) < 4.78 is 5.35. The van der Waals surface area contributed by atoms with Crippen LogP contribution in [0.5, 0.6) is 0 Å². The highest BCUT2D eigenvalue weighted by atomic mass is 16.3. The number of carbonyl (C=O) groups excluding carboxylic acids is 2. The topological polar surface area (TPSA) is 118 Å². The van der Waals surface area contributed by atoms with Crippen molar-refractivity contribution >= 4 is 11.8 Å². The second kappa shape index (κ2) is 6.46. The van der Waals surface area contributed by atoms with E-state index in [-0.39, 0.29) is 23.4 Å². The van der Waals surface area contributed by atoms with Gasteiger partial charge in [0.2, 0.25) is 0 Å². The highest BCUT2D eigenvalue weighted by molar-refractivity contribution is 5.93. The van der Waals surface area contributed by atoms with Gasteiger partial charge in [0.05, 0.1) is 0 Å². The molecule has 0 aromatic carbocycles. The molecule has 1 saturated heterocycles. The third-order valence-electron chi connectivity index (χ3n) is 4.32. The average molecular weight is 331 g/mol. The number of piperidine rings is 1. The van der Waals surface area contributed by atoms with Crippen LogP contribution in [0.25, 0.3) is 0 Å². The number of primary amides is 1. The molecule has 3 rings (SSSR count). The lowest BCUT2D eigenvalue weighted by atomic mass is 9.94. The van der Waals surface area contributed by atoms with Gasteiger partial charge in [-0.3, -0.25) is 14.7 Å². The number of nitrogens with zero attached hydrogens (tertiary/aromatic N) is 3. The Hall–Kier alpha value is -2.64. The fourth-order valence-corrected chi connectivity index (χ4v) is 3.06. The van der Waals surface area contributed by atoms with E-state index in [4.69, 9.17) is 10.2 Å². The van der Waals surface area contributed by atoms with Crippen molar-refractivity contribution in [1.29, 1.82) is 0 Å². The Labute approximate surface area is 139 Å². The lowest BCUT2D eigenvalue weighted by Gasteiger charge is -2.32. The molecule has 2 aromatic rings. The molecular formula is C16H21N5O3. The van der Waals surface area contributed by atoms with E-state index in [2.05, 4.69) is 15.2 Å². The number of rotatable bonds is 4. The van der Waals surface area contributed by atoms with Crippen LogP contribution < -0.4 is 5.73 Å². The number of hydrogen-bond donors (Lipinski definition) is 2. The molecule has 24 heavy (non-hydrogen) atoms. The molecule has 1 fully saturated rings. The number of carbonyl (C=O) groups is 2. The van der Waals surface area contributed by atoms with Crippen LogP contribution in [0.4, 0.5) is 0 Å². The zero-order chi connectivity index (χ0) is 17.3. The zero-order valence-electron chi connectivity index (χ0n) is 13.8. The number of nitrogens with two attached hydrogens (primary N) is 1. The van der Waals surface area contributed by atoms with E-state index in [1.165, 1.54) is 6.39 Å². The predicted molar refractivity (Wildman–Crippen MR) is 85.6 cm³/mol.